The lowest BCUT2D eigenvalue weighted by molar-refractivity contribution is 0.322. The van der Waals surface area contributed by atoms with Gasteiger partial charge in [0.2, 0.25) is 0 Å². The summed E-state index contributed by atoms with van der Waals surface area (Å²) in [5.74, 6) is 0.950. The zero-order valence-electron chi connectivity index (χ0n) is 12.5. The average molecular weight is 303 g/mol. The Labute approximate surface area is 129 Å². The zero-order valence-corrected chi connectivity index (χ0v) is 13.3. The Morgan fingerprint density at radius 1 is 1.43 bits per heavy atom. The van der Waals surface area contributed by atoms with Crippen LogP contribution in [0.4, 0.5) is 10.8 Å². The third-order valence-corrected chi connectivity index (χ3v) is 4.82. The molecule has 1 N–H and O–H groups in total. The first kappa shape index (κ1) is 14.4. The van der Waals surface area contributed by atoms with E-state index in [9.17, 15) is 0 Å². The van der Waals surface area contributed by atoms with Gasteiger partial charge in [0.1, 0.15) is 5.75 Å². The molecule has 1 aliphatic rings. The van der Waals surface area contributed by atoms with Crippen molar-refractivity contribution in [2.75, 3.05) is 24.6 Å². The average Bonchev–Trinajstić information content (AvgIpc) is 2.89. The number of ether oxygens (including phenoxy) is 1. The molecular formula is C16H21N3OS. The maximum absolute atomic E-state index is 5.82. The van der Waals surface area contributed by atoms with E-state index in [1.807, 2.05) is 18.3 Å². The number of benzene rings is 1. The van der Waals surface area contributed by atoms with Crippen LogP contribution in [0, 0.1) is 0 Å². The second-order valence-electron chi connectivity index (χ2n) is 5.15. The van der Waals surface area contributed by atoms with Gasteiger partial charge in [-0.3, -0.25) is 0 Å². The summed E-state index contributed by atoms with van der Waals surface area (Å²) in [7, 11) is 0. The normalized spacial score (nSPS) is 16.0. The van der Waals surface area contributed by atoms with Crippen LogP contribution >= 0.6 is 11.3 Å². The van der Waals surface area contributed by atoms with Crippen LogP contribution in [-0.4, -0.2) is 24.7 Å². The molecule has 0 bridgehead atoms. The van der Waals surface area contributed by atoms with Crippen LogP contribution < -0.4 is 15.0 Å². The van der Waals surface area contributed by atoms with E-state index in [1.54, 1.807) is 11.3 Å². The maximum atomic E-state index is 5.82. The minimum absolute atomic E-state index is 0.347. The SMILES string of the molecule is CCNC(C)c1cnc(N2CCCOc3ccccc32)s1. The molecule has 0 radical (unpaired) electrons. The maximum Gasteiger partial charge on any atom is 0.190 e. The number of thiazole rings is 1. The Morgan fingerprint density at radius 2 is 2.29 bits per heavy atom. The molecule has 2 heterocycles. The number of fused-ring (bicyclic) bond motifs is 1. The molecule has 0 spiro atoms. The van der Waals surface area contributed by atoms with Gasteiger partial charge in [-0.25, -0.2) is 4.98 Å². The third-order valence-electron chi connectivity index (χ3n) is 3.62. The molecule has 0 amide bonds. The highest BCUT2D eigenvalue weighted by molar-refractivity contribution is 7.15. The van der Waals surface area contributed by atoms with E-state index in [0.717, 1.165) is 42.7 Å². The van der Waals surface area contributed by atoms with Crippen LogP contribution in [-0.2, 0) is 0 Å². The third kappa shape index (κ3) is 3.04. The van der Waals surface area contributed by atoms with Crippen LogP contribution in [0.1, 0.15) is 31.2 Å². The summed E-state index contributed by atoms with van der Waals surface area (Å²) in [4.78, 5) is 8.18. The molecule has 1 aromatic carbocycles. The predicted octanol–water partition coefficient (Wildman–Crippen LogP) is 3.73. The van der Waals surface area contributed by atoms with E-state index in [4.69, 9.17) is 4.74 Å². The predicted molar refractivity (Wildman–Crippen MR) is 87.8 cm³/mol. The van der Waals surface area contributed by atoms with Gasteiger partial charge < -0.3 is 15.0 Å². The van der Waals surface area contributed by atoms with Gasteiger partial charge in [-0.15, -0.1) is 0 Å². The van der Waals surface area contributed by atoms with E-state index in [1.165, 1.54) is 4.88 Å². The smallest absolute Gasteiger partial charge is 0.190 e. The highest BCUT2D eigenvalue weighted by Gasteiger charge is 2.20. The number of hydrogen-bond acceptors (Lipinski definition) is 5. The monoisotopic (exact) mass is 303 g/mol. The number of aromatic nitrogens is 1. The topological polar surface area (TPSA) is 37.4 Å². The lowest BCUT2D eigenvalue weighted by Gasteiger charge is -2.20. The molecule has 1 aliphatic heterocycles. The highest BCUT2D eigenvalue weighted by Crippen LogP contribution is 2.38. The molecule has 2 aromatic rings. The van der Waals surface area contributed by atoms with Gasteiger partial charge in [0.05, 0.1) is 12.3 Å². The van der Waals surface area contributed by atoms with E-state index in [-0.39, 0.29) is 0 Å². The number of hydrogen-bond donors (Lipinski definition) is 1. The summed E-state index contributed by atoms with van der Waals surface area (Å²) in [5, 5.41) is 4.49. The van der Waals surface area contributed by atoms with Crippen LogP contribution in [0.2, 0.25) is 0 Å². The van der Waals surface area contributed by atoms with Crippen molar-refractivity contribution in [2.24, 2.45) is 0 Å². The molecule has 0 saturated carbocycles. The van der Waals surface area contributed by atoms with Gasteiger partial charge in [-0.1, -0.05) is 30.4 Å². The van der Waals surface area contributed by atoms with Crippen molar-refractivity contribution < 1.29 is 4.74 Å². The summed E-state index contributed by atoms with van der Waals surface area (Å²) in [6.07, 6.45) is 2.99. The van der Waals surface area contributed by atoms with Crippen LogP contribution in [0.3, 0.4) is 0 Å². The summed E-state index contributed by atoms with van der Waals surface area (Å²) < 4.78 is 5.82. The Hall–Kier alpha value is -1.59. The van der Waals surface area contributed by atoms with Crippen molar-refractivity contribution in [3.8, 4) is 5.75 Å². The lowest BCUT2D eigenvalue weighted by atomic mass is 10.2. The molecule has 0 fully saturated rings. The second-order valence-corrected chi connectivity index (χ2v) is 6.19. The van der Waals surface area contributed by atoms with E-state index in [2.05, 4.69) is 41.2 Å². The molecule has 112 valence electrons. The fraction of sp³-hybridized carbons (Fsp3) is 0.438. The molecule has 1 atom stereocenters. The molecule has 1 unspecified atom stereocenters. The Morgan fingerprint density at radius 3 is 3.14 bits per heavy atom. The largest absolute Gasteiger partial charge is 0.491 e. The fourth-order valence-corrected chi connectivity index (χ4v) is 3.52. The van der Waals surface area contributed by atoms with Crippen LogP contribution in [0.5, 0.6) is 5.75 Å². The first-order valence-electron chi connectivity index (χ1n) is 7.48. The molecule has 21 heavy (non-hydrogen) atoms. The van der Waals surface area contributed by atoms with Gasteiger partial charge in [0, 0.05) is 23.7 Å². The minimum Gasteiger partial charge on any atom is -0.491 e. The highest BCUT2D eigenvalue weighted by atomic mass is 32.1. The number of rotatable bonds is 4. The quantitative estimate of drug-likeness (QED) is 0.934. The van der Waals surface area contributed by atoms with Crippen molar-refractivity contribution in [3.63, 3.8) is 0 Å². The number of para-hydroxylation sites is 2. The zero-order chi connectivity index (χ0) is 14.7. The summed E-state index contributed by atoms with van der Waals surface area (Å²) in [5.41, 5.74) is 1.12. The number of nitrogens with zero attached hydrogens (tertiary/aromatic N) is 2. The van der Waals surface area contributed by atoms with E-state index in [0.29, 0.717) is 6.04 Å². The minimum atomic E-state index is 0.347. The summed E-state index contributed by atoms with van der Waals surface area (Å²) in [6.45, 7) is 6.98. The van der Waals surface area contributed by atoms with Crippen LogP contribution in [0.15, 0.2) is 30.5 Å². The van der Waals surface area contributed by atoms with E-state index >= 15 is 0 Å². The Kier molecular flexibility index (Phi) is 4.41. The van der Waals surface area contributed by atoms with Crippen molar-refractivity contribution in [1.29, 1.82) is 0 Å². The van der Waals surface area contributed by atoms with Crippen molar-refractivity contribution >= 4 is 22.2 Å². The molecule has 1 aromatic heterocycles. The first-order valence-corrected chi connectivity index (χ1v) is 8.29. The Bertz CT molecular complexity index is 599. The molecule has 3 rings (SSSR count). The van der Waals surface area contributed by atoms with Gasteiger partial charge in [0.25, 0.3) is 0 Å². The summed E-state index contributed by atoms with van der Waals surface area (Å²) in [6, 6.07) is 8.55. The molecule has 5 heteroatoms. The van der Waals surface area contributed by atoms with Gasteiger partial charge in [-0.05, 0) is 32.0 Å². The first-order chi connectivity index (χ1) is 10.3. The van der Waals surface area contributed by atoms with Gasteiger partial charge in [-0.2, -0.15) is 0 Å². The van der Waals surface area contributed by atoms with Crippen molar-refractivity contribution in [2.45, 2.75) is 26.3 Å². The van der Waals surface area contributed by atoms with Crippen molar-refractivity contribution in [1.82, 2.24) is 10.3 Å². The molecule has 4 nitrogen and oxygen atoms in total. The van der Waals surface area contributed by atoms with Gasteiger partial charge >= 0.3 is 0 Å². The van der Waals surface area contributed by atoms with E-state index < -0.39 is 0 Å². The molecular weight excluding hydrogens is 282 g/mol. The standard InChI is InChI=1S/C16H21N3OS/c1-3-17-12(2)15-11-18-16(21-15)19-9-6-10-20-14-8-5-4-7-13(14)19/h4-5,7-8,11-12,17H,3,6,9-10H2,1-2H3. The van der Waals surface area contributed by atoms with Gasteiger partial charge in [0.15, 0.2) is 5.13 Å². The number of anilines is 2. The number of nitrogens with one attached hydrogen (secondary N) is 1. The molecule has 0 saturated heterocycles. The summed E-state index contributed by atoms with van der Waals surface area (Å²) >= 11 is 1.76. The second kappa shape index (κ2) is 6.45. The fourth-order valence-electron chi connectivity index (χ4n) is 2.53. The Balaban J connectivity index is 1.90. The van der Waals surface area contributed by atoms with Crippen LogP contribution in [0.25, 0.3) is 0 Å². The van der Waals surface area contributed by atoms with Crippen molar-refractivity contribution in [3.05, 3.63) is 35.3 Å². The lowest BCUT2D eigenvalue weighted by Crippen LogP contribution is -2.17. The molecule has 0 aliphatic carbocycles.